The Bertz CT molecular complexity index is 1120. The van der Waals surface area contributed by atoms with Gasteiger partial charge >= 0.3 is 17.1 Å². The largest absolute Gasteiger partial charge is 2.00 e. The summed E-state index contributed by atoms with van der Waals surface area (Å²) in [5, 5.41) is 28.2. The zero-order chi connectivity index (χ0) is 20.1. The van der Waals surface area contributed by atoms with Crippen molar-refractivity contribution in [3.63, 3.8) is 0 Å². The molecule has 0 amide bonds. The van der Waals surface area contributed by atoms with Gasteiger partial charge in [-0.05, 0) is 39.1 Å². The van der Waals surface area contributed by atoms with Gasteiger partial charge in [0.05, 0.1) is 0 Å². The fourth-order valence-corrected chi connectivity index (χ4v) is 3.38. The van der Waals surface area contributed by atoms with Crippen LogP contribution in [0.25, 0.3) is 21.5 Å². The molecule has 30 heavy (non-hydrogen) atoms. The van der Waals surface area contributed by atoms with Crippen molar-refractivity contribution in [3.8, 4) is 11.5 Å². The number of benzene rings is 4. The molecule has 153 valence electrons. The van der Waals surface area contributed by atoms with Crippen LogP contribution in [0.4, 0.5) is 0 Å². The molecule has 0 aliphatic heterocycles. The summed E-state index contributed by atoms with van der Waals surface area (Å²) in [6.07, 6.45) is 4.06. The van der Waals surface area contributed by atoms with Crippen molar-refractivity contribution in [2.75, 3.05) is 13.1 Å². The molecule has 4 nitrogen and oxygen atoms in total. The second-order valence-corrected chi connectivity index (χ2v) is 6.82. The normalized spacial score (nSPS) is 11.5. The van der Waals surface area contributed by atoms with Crippen LogP contribution in [0.5, 0.6) is 11.5 Å². The Kier molecular flexibility index (Phi) is 7.23. The van der Waals surface area contributed by atoms with Crippen molar-refractivity contribution in [1.82, 2.24) is 0 Å². The molecule has 4 aromatic rings. The maximum Gasteiger partial charge on any atom is 2.00 e. The summed E-state index contributed by atoms with van der Waals surface area (Å²) < 4.78 is 0. The Morgan fingerprint density at radius 3 is 1.50 bits per heavy atom. The average Bonchev–Trinajstić information content (AvgIpc) is 2.75. The fraction of sp³-hybridized carbons (Fsp3) is 0.120. The van der Waals surface area contributed by atoms with Crippen LogP contribution in [0, 0.1) is 0 Å². The third-order valence-corrected chi connectivity index (χ3v) is 4.88. The molecule has 0 bridgehead atoms. The number of aliphatic imine (C=N–C) groups is 2. The van der Waals surface area contributed by atoms with Crippen LogP contribution in [-0.4, -0.2) is 25.5 Å². The van der Waals surface area contributed by atoms with Crippen molar-refractivity contribution in [2.45, 2.75) is 6.42 Å². The average molecular weight is 444 g/mol. The molecule has 5 heteroatoms. The van der Waals surface area contributed by atoms with Gasteiger partial charge in [0.15, 0.2) is 0 Å². The third-order valence-electron chi connectivity index (χ3n) is 4.88. The number of fused-ring (bicyclic) bond motifs is 2. The van der Waals surface area contributed by atoms with Gasteiger partial charge in [-0.1, -0.05) is 84.3 Å². The van der Waals surface area contributed by atoms with E-state index in [-0.39, 0.29) is 28.6 Å². The van der Waals surface area contributed by atoms with E-state index in [9.17, 15) is 10.2 Å². The second-order valence-electron chi connectivity index (χ2n) is 6.82. The van der Waals surface area contributed by atoms with E-state index in [4.69, 9.17) is 0 Å². The number of hydrogen-bond donors (Lipinski definition) is 0. The van der Waals surface area contributed by atoms with Crippen LogP contribution < -0.4 is 10.2 Å². The summed E-state index contributed by atoms with van der Waals surface area (Å²) >= 11 is 0. The molecule has 0 atom stereocenters. The summed E-state index contributed by atoms with van der Waals surface area (Å²) in [7, 11) is 0. The van der Waals surface area contributed by atoms with E-state index in [2.05, 4.69) is 9.98 Å². The van der Waals surface area contributed by atoms with E-state index in [1.165, 1.54) is 0 Å². The van der Waals surface area contributed by atoms with E-state index in [0.29, 0.717) is 24.2 Å². The molecule has 0 heterocycles. The molecule has 4 aromatic carbocycles. The molecule has 0 aromatic heterocycles. The Labute approximate surface area is 186 Å². The molecule has 4 rings (SSSR count). The van der Waals surface area contributed by atoms with Gasteiger partial charge < -0.3 is 10.2 Å². The standard InChI is InChI=1S/C25H22N2O2.Cu/c28-24-12-10-18-6-1-3-8-20(18)22(24)16-26-14-5-15-27-17-23-21-9-4-2-7-19(21)11-13-25(23)29;/h1-4,6-13,16-17,28-29H,5,14-15H2;/q;+2/p-2. The van der Waals surface area contributed by atoms with Crippen LogP contribution in [0.2, 0.25) is 0 Å². The van der Waals surface area contributed by atoms with Crippen molar-refractivity contribution in [3.05, 3.63) is 83.9 Å². The predicted octanol–water partition coefficient (Wildman–Crippen LogP) is 4.07. The van der Waals surface area contributed by atoms with E-state index < -0.39 is 0 Å². The van der Waals surface area contributed by atoms with Gasteiger partial charge in [0.1, 0.15) is 0 Å². The van der Waals surface area contributed by atoms with Crippen LogP contribution >= 0.6 is 0 Å². The molecule has 1 radical (unpaired) electrons. The topological polar surface area (TPSA) is 70.8 Å². The van der Waals surface area contributed by atoms with Crippen molar-refractivity contribution < 1.29 is 27.3 Å². The third kappa shape index (κ3) is 4.70. The molecule has 0 saturated carbocycles. The first-order valence-corrected chi connectivity index (χ1v) is 9.61. The molecule has 0 aliphatic carbocycles. The molecule has 0 fully saturated rings. The van der Waals surface area contributed by atoms with E-state index in [0.717, 1.165) is 28.0 Å². The van der Waals surface area contributed by atoms with Crippen LogP contribution in [-0.2, 0) is 17.1 Å². The van der Waals surface area contributed by atoms with Gasteiger partial charge in [0, 0.05) is 25.5 Å². The predicted molar refractivity (Wildman–Crippen MR) is 116 cm³/mol. The Morgan fingerprint density at radius 1 is 0.600 bits per heavy atom. The summed E-state index contributed by atoms with van der Waals surface area (Å²) in [6.45, 7) is 1.14. The minimum absolute atomic E-state index is 0. The Hall–Kier alpha value is -3.14. The number of nitrogens with zero attached hydrogens (tertiary/aromatic N) is 2. The van der Waals surface area contributed by atoms with Gasteiger partial charge in [0.25, 0.3) is 0 Å². The maximum atomic E-state index is 12.2. The minimum atomic E-state index is -0.0237. The summed E-state index contributed by atoms with van der Waals surface area (Å²) in [5.74, 6) is -0.0474. The van der Waals surface area contributed by atoms with Gasteiger partial charge in [0.2, 0.25) is 0 Å². The smallest absolute Gasteiger partial charge is 0.872 e. The van der Waals surface area contributed by atoms with Gasteiger partial charge in [-0.15, -0.1) is 0 Å². The molecular formula is C25H20CuN2O2. The zero-order valence-corrected chi connectivity index (χ0v) is 17.2. The first-order chi connectivity index (χ1) is 14.2. The molecule has 0 N–H and O–H groups in total. The van der Waals surface area contributed by atoms with Crippen molar-refractivity contribution >= 4 is 34.0 Å². The fourth-order valence-electron chi connectivity index (χ4n) is 3.38. The molecule has 0 saturated heterocycles. The second kappa shape index (κ2) is 10.1. The van der Waals surface area contributed by atoms with Crippen LogP contribution in [0.15, 0.2) is 82.8 Å². The maximum absolute atomic E-state index is 12.2. The monoisotopic (exact) mass is 443 g/mol. The number of rotatable bonds is 6. The Morgan fingerprint density at radius 2 is 1.03 bits per heavy atom. The van der Waals surface area contributed by atoms with Gasteiger partial charge in [-0.25, -0.2) is 0 Å². The van der Waals surface area contributed by atoms with Crippen LogP contribution in [0.1, 0.15) is 17.5 Å². The van der Waals surface area contributed by atoms with Gasteiger partial charge in [-0.2, -0.15) is 0 Å². The SMILES string of the molecule is [Cu+2].[O-]c1ccc2ccccc2c1C=NCCCN=Cc1c([O-])ccc2ccccc12. The first-order valence-electron chi connectivity index (χ1n) is 9.61. The molecule has 0 unspecified atom stereocenters. The molecular weight excluding hydrogens is 424 g/mol. The summed E-state index contributed by atoms with van der Waals surface area (Å²) in [6, 6.07) is 22.4. The molecule has 0 aliphatic rings. The number of hydrogen-bond acceptors (Lipinski definition) is 4. The van der Waals surface area contributed by atoms with Crippen molar-refractivity contribution in [2.24, 2.45) is 9.98 Å². The summed E-state index contributed by atoms with van der Waals surface area (Å²) in [4.78, 5) is 8.81. The first kappa shape index (κ1) is 21.6. The van der Waals surface area contributed by atoms with E-state index >= 15 is 0 Å². The zero-order valence-electron chi connectivity index (χ0n) is 16.2. The summed E-state index contributed by atoms with van der Waals surface area (Å²) in [5.41, 5.74) is 1.25. The Balaban J connectivity index is 0.00000256. The van der Waals surface area contributed by atoms with Crippen LogP contribution in [0.3, 0.4) is 0 Å². The minimum Gasteiger partial charge on any atom is -0.872 e. The van der Waals surface area contributed by atoms with E-state index in [1.54, 1.807) is 24.6 Å². The van der Waals surface area contributed by atoms with Gasteiger partial charge in [-0.3, -0.25) is 9.98 Å². The molecule has 0 spiro atoms. The van der Waals surface area contributed by atoms with E-state index in [1.807, 2.05) is 60.7 Å². The quantitative estimate of drug-likeness (QED) is 0.256. The van der Waals surface area contributed by atoms with Crippen molar-refractivity contribution in [1.29, 1.82) is 0 Å².